The van der Waals surface area contributed by atoms with Crippen molar-refractivity contribution in [2.45, 2.75) is 58.9 Å². The first-order valence-electron chi connectivity index (χ1n) is 8.19. The quantitative estimate of drug-likeness (QED) is 0.940. The number of benzene rings is 1. The number of fused-ring (bicyclic) bond motifs is 1. The lowest BCUT2D eigenvalue weighted by molar-refractivity contribution is -0.121. The van der Waals surface area contributed by atoms with Gasteiger partial charge in [0.05, 0.1) is 6.42 Å². The molecule has 2 unspecified atom stereocenters. The van der Waals surface area contributed by atoms with Crippen LogP contribution in [0.1, 0.15) is 49.4 Å². The Kier molecular flexibility index (Phi) is 4.19. The van der Waals surface area contributed by atoms with Crippen LogP contribution >= 0.6 is 0 Å². The molecule has 2 aromatic rings. The van der Waals surface area contributed by atoms with Gasteiger partial charge in [-0.25, -0.2) is 0 Å². The number of hydrogen-bond acceptors (Lipinski definition) is 3. The fourth-order valence-corrected chi connectivity index (χ4v) is 3.58. The summed E-state index contributed by atoms with van der Waals surface area (Å²) in [6, 6.07) is 4.38. The van der Waals surface area contributed by atoms with Crippen molar-refractivity contribution in [3.63, 3.8) is 0 Å². The summed E-state index contributed by atoms with van der Waals surface area (Å²) in [5.41, 5.74) is 3.78. The lowest BCUT2D eigenvalue weighted by Crippen LogP contribution is -2.41. The topological polar surface area (TPSA) is 55.1 Å². The highest BCUT2D eigenvalue weighted by molar-refractivity contribution is 5.88. The molecule has 1 aliphatic rings. The molecule has 1 fully saturated rings. The summed E-state index contributed by atoms with van der Waals surface area (Å²) in [4.78, 5) is 12.4. The van der Waals surface area contributed by atoms with E-state index in [9.17, 15) is 4.79 Å². The Bertz CT molecular complexity index is 690. The van der Waals surface area contributed by atoms with Crippen LogP contribution in [0.3, 0.4) is 0 Å². The zero-order chi connectivity index (χ0) is 15.7. The number of aryl methyl sites for hydroxylation is 2. The normalized spacial score (nSPS) is 22.0. The highest BCUT2D eigenvalue weighted by Gasteiger charge is 2.23. The lowest BCUT2D eigenvalue weighted by Gasteiger charge is -2.29. The number of rotatable bonds is 3. The Hall–Kier alpha value is -1.84. The molecule has 0 bridgehead atoms. The number of amides is 1. The molecule has 1 aromatic carbocycles. The molecule has 1 aromatic heterocycles. The van der Waals surface area contributed by atoms with Crippen LogP contribution in [0.4, 0.5) is 0 Å². The van der Waals surface area contributed by atoms with E-state index in [-0.39, 0.29) is 5.91 Å². The van der Waals surface area contributed by atoms with E-state index in [1.54, 1.807) is 0 Å². The maximum Gasteiger partial charge on any atom is 0.226 e. The van der Waals surface area contributed by atoms with Gasteiger partial charge in [0.25, 0.3) is 0 Å². The fourth-order valence-electron chi connectivity index (χ4n) is 3.58. The maximum absolute atomic E-state index is 12.4. The van der Waals surface area contributed by atoms with Crippen molar-refractivity contribution in [1.82, 2.24) is 10.5 Å². The third kappa shape index (κ3) is 3.01. The van der Waals surface area contributed by atoms with Crippen LogP contribution in [0.25, 0.3) is 11.0 Å². The van der Waals surface area contributed by atoms with Crippen molar-refractivity contribution in [2.75, 3.05) is 0 Å². The van der Waals surface area contributed by atoms with Crippen LogP contribution in [0.5, 0.6) is 0 Å². The van der Waals surface area contributed by atoms with E-state index in [0.29, 0.717) is 18.4 Å². The minimum Gasteiger partial charge on any atom is -0.356 e. The van der Waals surface area contributed by atoms with Crippen molar-refractivity contribution in [3.05, 3.63) is 29.0 Å². The summed E-state index contributed by atoms with van der Waals surface area (Å²) >= 11 is 0. The van der Waals surface area contributed by atoms with Crippen molar-refractivity contribution < 1.29 is 9.32 Å². The predicted octanol–water partition coefficient (Wildman–Crippen LogP) is 3.68. The van der Waals surface area contributed by atoms with E-state index < -0.39 is 0 Å². The van der Waals surface area contributed by atoms with Crippen molar-refractivity contribution >= 4 is 16.9 Å². The second kappa shape index (κ2) is 6.11. The van der Waals surface area contributed by atoms with Gasteiger partial charge in [0.15, 0.2) is 5.58 Å². The number of aromatic nitrogens is 1. The monoisotopic (exact) mass is 300 g/mol. The number of carbonyl (C=O) groups is 1. The molecular formula is C18H24N2O2. The van der Waals surface area contributed by atoms with Gasteiger partial charge in [0.1, 0.15) is 5.69 Å². The van der Waals surface area contributed by atoms with Gasteiger partial charge in [0, 0.05) is 11.4 Å². The molecule has 2 atom stereocenters. The number of nitrogens with one attached hydrogen (secondary N) is 1. The molecule has 22 heavy (non-hydrogen) atoms. The van der Waals surface area contributed by atoms with Gasteiger partial charge in [-0.1, -0.05) is 31.0 Å². The molecular weight excluding hydrogens is 276 g/mol. The van der Waals surface area contributed by atoms with Crippen LogP contribution < -0.4 is 5.32 Å². The molecule has 1 heterocycles. The number of hydrogen-bond donors (Lipinski definition) is 1. The number of carbonyl (C=O) groups excluding carboxylic acids is 1. The molecule has 3 rings (SSSR count). The first kappa shape index (κ1) is 15.1. The van der Waals surface area contributed by atoms with Crippen LogP contribution in [0.2, 0.25) is 0 Å². The van der Waals surface area contributed by atoms with E-state index in [4.69, 9.17) is 4.52 Å². The van der Waals surface area contributed by atoms with E-state index in [1.807, 2.05) is 19.9 Å². The Morgan fingerprint density at radius 1 is 1.32 bits per heavy atom. The Morgan fingerprint density at radius 2 is 2.09 bits per heavy atom. The molecule has 4 heteroatoms. The van der Waals surface area contributed by atoms with Gasteiger partial charge in [-0.2, -0.15) is 0 Å². The largest absolute Gasteiger partial charge is 0.356 e. The molecule has 118 valence electrons. The average molecular weight is 300 g/mol. The summed E-state index contributed by atoms with van der Waals surface area (Å²) in [6.07, 6.45) is 5.07. The Balaban J connectivity index is 1.74. The third-order valence-corrected chi connectivity index (χ3v) is 4.77. The average Bonchev–Trinajstić information content (AvgIpc) is 2.84. The van der Waals surface area contributed by atoms with Crippen molar-refractivity contribution in [1.29, 1.82) is 0 Å². The highest BCUT2D eigenvalue weighted by Crippen LogP contribution is 2.26. The molecule has 4 nitrogen and oxygen atoms in total. The third-order valence-electron chi connectivity index (χ3n) is 4.77. The van der Waals surface area contributed by atoms with Gasteiger partial charge < -0.3 is 9.84 Å². The lowest BCUT2D eigenvalue weighted by atomic mass is 9.86. The molecule has 1 amide bonds. The smallest absolute Gasteiger partial charge is 0.226 e. The minimum atomic E-state index is 0.0499. The van der Waals surface area contributed by atoms with Crippen LogP contribution in [-0.4, -0.2) is 17.1 Å². The van der Waals surface area contributed by atoms with Gasteiger partial charge in [-0.15, -0.1) is 0 Å². The highest BCUT2D eigenvalue weighted by atomic mass is 16.5. The summed E-state index contributed by atoms with van der Waals surface area (Å²) in [5, 5.41) is 8.28. The zero-order valence-corrected chi connectivity index (χ0v) is 13.6. The van der Waals surface area contributed by atoms with Crippen molar-refractivity contribution in [2.24, 2.45) is 5.92 Å². The molecule has 1 N–H and O–H groups in total. The SMILES string of the molecule is Cc1cc(C)c2c(CC(=O)NC3CCCCC3C)noc2c1. The second-order valence-electron chi connectivity index (χ2n) is 6.70. The van der Waals surface area contributed by atoms with Crippen LogP contribution in [-0.2, 0) is 11.2 Å². The molecule has 0 radical (unpaired) electrons. The molecule has 0 aliphatic heterocycles. The summed E-state index contributed by atoms with van der Waals surface area (Å²) in [7, 11) is 0. The van der Waals surface area contributed by atoms with Gasteiger partial charge in [0.2, 0.25) is 5.91 Å². The Labute approximate surface area is 131 Å². The molecule has 1 aliphatic carbocycles. The summed E-state index contributed by atoms with van der Waals surface area (Å²) < 4.78 is 5.39. The Morgan fingerprint density at radius 3 is 2.86 bits per heavy atom. The first-order chi connectivity index (χ1) is 10.5. The van der Waals surface area contributed by atoms with Gasteiger partial charge in [-0.3, -0.25) is 4.79 Å². The van der Waals surface area contributed by atoms with Gasteiger partial charge >= 0.3 is 0 Å². The molecule has 0 saturated heterocycles. The minimum absolute atomic E-state index is 0.0499. The standard InChI is InChI=1S/C18H24N2O2/c1-11-8-13(3)18-15(20-22-16(18)9-11)10-17(21)19-14-7-5-4-6-12(14)2/h8-9,12,14H,4-7,10H2,1-3H3,(H,19,21). The zero-order valence-electron chi connectivity index (χ0n) is 13.6. The summed E-state index contributed by atoms with van der Waals surface area (Å²) in [6.45, 7) is 6.30. The van der Waals surface area contributed by atoms with E-state index in [1.165, 1.54) is 19.3 Å². The number of nitrogens with zero attached hydrogens (tertiary/aromatic N) is 1. The van der Waals surface area contributed by atoms with E-state index in [2.05, 4.69) is 23.5 Å². The maximum atomic E-state index is 12.4. The van der Waals surface area contributed by atoms with E-state index >= 15 is 0 Å². The van der Waals surface area contributed by atoms with Crippen LogP contribution in [0.15, 0.2) is 16.7 Å². The van der Waals surface area contributed by atoms with E-state index in [0.717, 1.165) is 34.2 Å². The molecule has 1 saturated carbocycles. The second-order valence-corrected chi connectivity index (χ2v) is 6.70. The fraction of sp³-hybridized carbons (Fsp3) is 0.556. The summed E-state index contributed by atoms with van der Waals surface area (Å²) in [5.74, 6) is 0.616. The van der Waals surface area contributed by atoms with Crippen molar-refractivity contribution in [3.8, 4) is 0 Å². The van der Waals surface area contributed by atoms with Crippen LogP contribution in [0, 0.1) is 19.8 Å². The molecule has 0 spiro atoms. The predicted molar refractivity (Wildman–Crippen MR) is 86.7 cm³/mol. The van der Waals surface area contributed by atoms with Gasteiger partial charge in [-0.05, 0) is 49.8 Å². The first-order valence-corrected chi connectivity index (χ1v) is 8.19.